The summed E-state index contributed by atoms with van der Waals surface area (Å²) in [7, 11) is 0. The van der Waals surface area contributed by atoms with Gasteiger partial charge in [0.2, 0.25) is 100 Å². The molecule has 0 saturated heterocycles. The molecule has 1 aromatic carbocycles. The summed E-state index contributed by atoms with van der Waals surface area (Å²) in [6.07, 6.45) is 9.88. The molecular formula is C103H188N26O17. The Morgan fingerprint density at radius 2 is 0.500 bits per heavy atom. The lowest BCUT2D eigenvalue weighted by atomic mass is 9.97. The largest absolute Gasteiger partial charge is 0.361 e. The molecule has 0 radical (unpaired) electrons. The Kier molecular flexibility index (Phi) is 66.2. The first-order chi connectivity index (χ1) is 69.1. The monoisotopic (exact) mass is 2060 g/mol. The lowest BCUT2D eigenvalue weighted by Crippen LogP contribution is -2.61. The van der Waals surface area contributed by atoms with Gasteiger partial charge in [0.25, 0.3) is 0 Å². The molecule has 0 spiro atoms. The van der Waals surface area contributed by atoms with Crippen LogP contribution < -0.4 is 136 Å². The fraction of sp³-hybridized carbons (Fsp3) is 0.757. The molecule has 0 aliphatic rings. The summed E-state index contributed by atoms with van der Waals surface area (Å²) in [5.74, 6) is -8.18. The van der Waals surface area contributed by atoms with Gasteiger partial charge in [-0.2, -0.15) is 0 Å². The third-order valence-corrected chi connectivity index (χ3v) is 24.6. The molecule has 2 rings (SSSR count). The predicted octanol–water partition coefficient (Wildman–Crippen LogP) is 1.75. The third-order valence-electron chi connectivity index (χ3n) is 24.6. The molecular weight excluding hydrogens is 1870 g/mol. The maximum atomic E-state index is 15.4. The first-order valence-electron chi connectivity index (χ1n) is 53.5. The predicted molar refractivity (Wildman–Crippen MR) is 567 cm³/mol. The smallest absolute Gasteiger partial charge is 0.243 e. The number of aromatic nitrogens is 1. The van der Waals surface area contributed by atoms with Gasteiger partial charge in [0.05, 0.1) is 12.6 Å². The molecule has 34 N–H and O–H groups in total. The lowest BCUT2D eigenvalue weighted by molar-refractivity contribution is -0.137. The van der Waals surface area contributed by atoms with Crippen molar-refractivity contribution in [1.29, 1.82) is 0 Å². The number of carbonyl (C=O) groups excluding carboxylic acids is 17. The first kappa shape index (κ1) is 131. The molecule has 1 heterocycles. The van der Waals surface area contributed by atoms with Gasteiger partial charge < -0.3 is 130 Å². The van der Waals surface area contributed by atoms with E-state index in [1.807, 2.05) is 135 Å². The van der Waals surface area contributed by atoms with E-state index in [-0.39, 0.29) is 182 Å². The van der Waals surface area contributed by atoms with Gasteiger partial charge in [0.1, 0.15) is 84.6 Å². The summed E-state index contributed by atoms with van der Waals surface area (Å²) in [6.45, 7) is 31.0. The van der Waals surface area contributed by atoms with Crippen molar-refractivity contribution in [2.75, 3.05) is 52.4 Å². The van der Waals surface area contributed by atoms with Gasteiger partial charge in [-0.1, -0.05) is 135 Å². The quantitative estimate of drug-likeness (QED) is 0.0194. The highest BCUT2D eigenvalue weighted by Crippen LogP contribution is 2.23. The second kappa shape index (κ2) is 73.5. The number of para-hydroxylation sites is 1. The number of benzene rings is 1. The molecule has 2 aromatic rings. The highest BCUT2D eigenvalue weighted by molar-refractivity contribution is 6.01. The van der Waals surface area contributed by atoms with E-state index in [1.165, 1.54) is 0 Å². The summed E-state index contributed by atoms with van der Waals surface area (Å²) in [4.78, 5) is 248. The lowest BCUT2D eigenvalue weighted by Gasteiger charge is -2.30. The van der Waals surface area contributed by atoms with Gasteiger partial charge in [-0.3, -0.25) is 86.9 Å². The second-order valence-electron chi connectivity index (χ2n) is 42.2. The van der Waals surface area contributed by atoms with Gasteiger partial charge in [-0.05, 0) is 278 Å². The van der Waals surface area contributed by atoms with Crippen LogP contribution in [-0.2, 0) is 87.9 Å². The molecule has 0 saturated carbocycles. The van der Waals surface area contributed by atoms with Crippen LogP contribution in [0.2, 0.25) is 0 Å². The van der Waals surface area contributed by atoms with Crippen LogP contribution in [0.15, 0.2) is 30.5 Å². The number of nitrogens with two attached hydrogens (primary N) is 8. The molecule has 832 valence electrons. The number of hydrogen-bond donors (Lipinski definition) is 26. The van der Waals surface area contributed by atoms with Crippen LogP contribution in [-0.4, -0.2) is 248 Å². The van der Waals surface area contributed by atoms with E-state index in [0.717, 1.165) is 10.9 Å². The Morgan fingerprint density at radius 1 is 0.260 bits per heavy atom. The topological polar surface area (TPSA) is 719 Å². The normalized spacial score (nSPS) is 14.7. The van der Waals surface area contributed by atoms with Crippen molar-refractivity contribution in [3.63, 3.8) is 0 Å². The number of nitrogens with one attached hydrogen (secondary N) is 18. The van der Waals surface area contributed by atoms with Crippen LogP contribution in [0.4, 0.5) is 0 Å². The van der Waals surface area contributed by atoms with E-state index in [1.54, 1.807) is 6.20 Å². The van der Waals surface area contributed by atoms with Crippen molar-refractivity contribution in [3.05, 3.63) is 36.0 Å². The molecule has 0 unspecified atom stereocenters. The number of rotatable bonds is 79. The summed E-state index contributed by atoms with van der Waals surface area (Å²) >= 11 is 0. The maximum absolute atomic E-state index is 15.4. The SMILES string of the molecule is CC(C)C[C@H](NC(=O)[C@H](CCCCN)NC(=O)[C@H](CC(C)C)NC(=O)[C@H](CC(C)C)NC(=O)[C@H](CCCCN)NC(=O)[C@H](CCCCN)NC(=O)[C@H](CC(C)C)NC(=O)[C@H](CC(C)C)NC(=O)[C@H](Cc1c[nH]c2ccccc12)NC(=O)[C@H](CC(C)C)NC(=O)[C@H](CC(C)C)NC(=O)[C@H](CCCCN)NC(=O)[C@H](CCCCN)NC(=O)[C@@H](N)CC(C)C)C(=O)N[C@@H](CCCCN)C(=O)NCC(=O)NCCCCCC(=O)NN. The molecule has 146 heavy (non-hydrogen) atoms. The minimum absolute atomic E-state index is 0.000472. The molecule has 1 aromatic heterocycles. The number of amides is 17. The van der Waals surface area contributed by atoms with Crippen molar-refractivity contribution >= 4 is 111 Å². The minimum Gasteiger partial charge on any atom is -0.361 e. The zero-order chi connectivity index (χ0) is 110. The van der Waals surface area contributed by atoms with Gasteiger partial charge in [-0.15, -0.1) is 0 Å². The molecule has 0 fully saturated rings. The molecule has 0 aliphatic heterocycles. The Hall–Kier alpha value is -10.6. The maximum Gasteiger partial charge on any atom is 0.243 e. The zero-order valence-corrected chi connectivity index (χ0v) is 90.3. The fourth-order valence-corrected chi connectivity index (χ4v) is 16.9. The van der Waals surface area contributed by atoms with Crippen molar-refractivity contribution in [2.45, 2.75) is 400 Å². The third kappa shape index (κ3) is 54.4. The van der Waals surface area contributed by atoms with E-state index < -0.39 is 192 Å². The van der Waals surface area contributed by atoms with Crippen molar-refractivity contribution in [3.8, 4) is 0 Å². The summed E-state index contributed by atoms with van der Waals surface area (Å²) < 4.78 is 0. The van der Waals surface area contributed by atoms with E-state index in [9.17, 15) is 52.7 Å². The second-order valence-corrected chi connectivity index (χ2v) is 42.2. The van der Waals surface area contributed by atoms with Gasteiger partial charge in [0.15, 0.2) is 0 Å². The standard InChI is InChI=1S/C103H188N26O17/c1-61(2)50-71(110)89(132)115-74(37-22-28-44-105)91(134)117-76(39-24-30-46-107)93(136)123-83(55-66(11)12)100(143)126-85(57-68(15)16)102(145)128-86(58-69-59-113-72-35-20-19-34-70(69)72)103(146)127-84(56-67(13)14)101(144)125-80(52-63(5)6)97(140)119-75(38-23-29-45-106)92(135)118-77(40-25-31-47-108)94(137)122-82(54-65(9)10)99(142)124-81(53-64(7)8)98(141)120-78(41-26-32-48-109)95(138)121-79(51-62(3)4)96(139)116-73(36-21-27-43-104)90(133)114-60-88(131)112-49-33-17-18-42-87(130)129-111/h19-20,34-35,59,61-68,71,73-86,113H,17-18,21-33,36-58,60,104-111H2,1-16H3,(H,112,131)(H,114,133)(H,115,132)(H,116,139)(H,117,134)(H,118,135)(H,119,140)(H,120,141)(H,121,138)(H,122,137)(H,123,136)(H,124,142)(H,125,144)(H,126,143)(H,127,146)(H,128,145)(H,129,130)/t71-,73-,74-,75-,76-,77-,78-,79-,80-,81-,82-,83-,84-,85-,86-/m0/s1. The molecule has 0 bridgehead atoms. The van der Waals surface area contributed by atoms with E-state index in [4.69, 9.17) is 46.0 Å². The van der Waals surface area contributed by atoms with Crippen LogP contribution in [0.1, 0.15) is 309 Å². The van der Waals surface area contributed by atoms with Gasteiger partial charge in [0, 0.05) is 36.5 Å². The first-order valence-corrected chi connectivity index (χ1v) is 53.5. The van der Waals surface area contributed by atoms with Gasteiger partial charge in [-0.25, -0.2) is 5.84 Å². The van der Waals surface area contributed by atoms with Crippen molar-refractivity contribution in [2.24, 2.45) is 93.3 Å². The minimum atomic E-state index is -1.44. The van der Waals surface area contributed by atoms with Crippen LogP contribution in [0, 0.1) is 47.3 Å². The molecule has 43 nitrogen and oxygen atoms in total. The summed E-state index contributed by atoms with van der Waals surface area (Å²) in [6, 6.07) is -11.6. The number of unbranched alkanes of at least 4 members (excludes halogenated alkanes) is 8. The number of hydrogen-bond acceptors (Lipinski definition) is 25. The van der Waals surface area contributed by atoms with Crippen LogP contribution in [0.5, 0.6) is 0 Å². The van der Waals surface area contributed by atoms with Crippen molar-refractivity contribution < 1.29 is 81.5 Å². The summed E-state index contributed by atoms with van der Waals surface area (Å²) in [5, 5.41) is 45.9. The van der Waals surface area contributed by atoms with Crippen LogP contribution in [0.3, 0.4) is 0 Å². The van der Waals surface area contributed by atoms with E-state index >= 15 is 28.8 Å². The number of fused-ring (bicyclic) bond motifs is 1. The zero-order valence-electron chi connectivity index (χ0n) is 90.3. The molecule has 0 aliphatic carbocycles. The highest BCUT2D eigenvalue weighted by Gasteiger charge is 2.41. The van der Waals surface area contributed by atoms with Crippen LogP contribution in [0.25, 0.3) is 10.9 Å². The van der Waals surface area contributed by atoms with E-state index in [0.29, 0.717) is 121 Å². The fourth-order valence-electron chi connectivity index (χ4n) is 16.9. The summed E-state index contributed by atoms with van der Waals surface area (Å²) in [5.41, 5.74) is 45.1. The molecule has 15 atom stereocenters. The Morgan fingerprint density at radius 3 is 0.767 bits per heavy atom. The highest BCUT2D eigenvalue weighted by atomic mass is 16.2. The number of H-pyrrole nitrogens is 1. The van der Waals surface area contributed by atoms with E-state index in [2.05, 4.69) is 95.5 Å². The number of hydrazine groups is 1. The Balaban J connectivity index is 2.65. The van der Waals surface area contributed by atoms with Gasteiger partial charge >= 0.3 is 0 Å². The number of carbonyl (C=O) groups is 17. The Bertz CT molecular complexity index is 4280. The molecule has 43 heteroatoms. The van der Waals surface area contributed by atoms with Crippen molar-refractivity contribution in [1.82, 2.24) is 95.5 Å². The number of aromatic amines is 1. The average molecular weight is 2060 g/mol. The average Bonchev–Trinajstić information content (AvgIpc) is 1.66. The Labute approximate surface area is 866 Å². The van der Waals surface area contributed by atoms with Crippen LogP contribution >= 0.6 is 0 Å². The molecule has 17 amide bonds.